The Hall–Kier alpha value is -1.37. The van der Waals surface area contributed by atoms with E-state index < -0.39 is 0 Å². The summed E-state index contributed by atoms with van der Waals surface area (Å²) >= 11 is 0. The summed E-state index contributed by atoms with van der Waals surface area (Å²) in [4.78, 5) is 4.39. The Kier molecular flexibility index (Phi) is 1.78. The molecule has 0 bridgehead atoms. The van der Waals surface area contributed by atoms with Gasteiger partial charge in [0.2, 0.25) is 0 Å². The van der Waals surface area contributed by atoms with E-state index in [4.69, 9.17) is 0 Å². The fourth-order valence-corrected chi connectivity index (χ4v) is 1.31. The van der Waals surface area contributed by atoms with Crippen LogP contribution in [0.25, 0.3) is 6.08 Å². The van der Waals surface area contributed by atoms with Crippen molar-refractivity contribution in [2.45, 2.75) is 13.5 Å². The molecule has 0 saturated heterocycles. The van der Waals surface area contributed by atoms with E-state index in [-0.39, 0.29) is 0 Å². The summed E-state index contributed by atoms with van der Waals surface area (Å²) < 4.78 is 0. The van der Waals surface area contributed by atoms with E-state index in [2.05, 4.69) is 41.4 Å². The van der Waals surface area contributed by atoms with E-state index in [0.29, 0.717) is 0 Å². The predicted molar refractivity (Wildman–Crippen MR) is 52.3 cm³/mol. The van der Waals surface area contributed by atoms with Gasteiger partial charge >= 0.3 is 0 Å². The molecule has 60 valence electrons. The van der Waals surface area contributed by atoms with Gasteiger partial charge in [-0.25, -0.2) is 0 Å². The lowest BCUT2D eigenvalue weighted by Crippen LogP contribution is -1.85. The highest BCUT2D eigenvalue weighted by Crippen LogP contribution is 2.14. The van der Waals surface area contributed by atoms with Crippen LogP contribution in [0.5, 0.6) is 0 Å². The van der Waals surface area contributed by atoms with E-state index in [1.165, 1.54) is 11.1 Å². The third kappa shape index (κ3) is 1.30. The molecule has 1 aromatic carbocycles. The summed E-state index contributed by atoms with van der Waals surface area (Å²) in [7, 11) is 0. The summed E-state index contributed by atoms with van der Waals surface area (Å²) in [6, 6.07) is 8.37. The van der Waals surface area contributed by atoms with Crippen LogP contribution in [-0.2, 0) is 6.54 Å². The minimum absolute atomic E-state index is 0.814. The van der Waals surface area contributed by atoms with E-state index >= 15 is 0 Å². The topological polar surface area (TPSA) is 12.4 Å². The summed E-state index contributed by atoms with van der Waals surface area (Å²) in [5, 5.41) is 0. The number of hydrogen-bond acceptors (Lipinski definition) is 1. The van der Waals surface area contributed by atoms with Crippen molar-refractivity contribution in [3.63, 3.8) is 0 Å². The minimum atomic E-state index is 0.814. The van der Waals surface area contributed by atoms with Crippen LogP contribution in [0.1, 0.15) is 18.1 Å². The molecule has 0 unspecified atom stereocenters. The van der Waals surface area contributed by atoms with Gasteiger partial charge in [-0.3, -0.25) is 4.99 Å². The van der Waals surface area contributed by atoms with Gasteiger partial charge in [0.05, 0.1) is 6.54 Å². The van der Waals surface area contributed by atoms with Crippen molar-refractivity contribution in [2.24, 2.45) is 4.99 Å². The van der Waals surface area contributed by atoms with Crippen molar-refractivity contribution in [2.75, 3.05) is 0 Å². The number of aliphatic imine (C=N–C) groups is 1. The molecule has 12 heavy (non-hydrogen) atoms. The molecule has 0 spiro atoms. The lowest BCUT2D eigenvalue weighted by Gasteiger charge is -1.99. The number of benzene rings is 1. The molecule has 0 saturated carbocycles. The first-order valence-electron chi connectivity index (χ1n) is 4.13. The second kappa shape index (κ2) is 2.94. The van der Waals surface area contributed by atoms with E-state index in [0.717, 1.165) is 12.3 Å². The first kappa shape index (κ1) is 7.29. The Balaban J connectivity index is 2.48. The maximum Gasteiger partial charge on any atom is 0.0648 e. The maximum absolute atomic E-state index is 4.39. The zero-order valence-electron chi connectivity index (χ0n) is 7.12. The third-order valence-corrected chi connectivity index (χ3v) is 2.06. The molecule has 1 aromatic rings. The molecule has 1 heteroatoms. The molecule has 1 aliphatic heterocycles. The van der Waals surface area contributed by atoms with Gasteiger partial charge in [0.1, 0.15) is 0 Å². The zero-order chi connectivity index (χ0) is 8.39. The Labute approximate surface area is 72.5 Å². The number of allylic oxidation sites excluding steroid dienone is 1. The fourth-order valence-electron chi connectivity index (χ4n) is 1.31. The molecule has 0 atom stereocenters. The normalized spacial score (nSPS) is 14.9. The first-order chi connectivity index (χ1) is 5.86. The van der Waals surface area contributed by atoms with E-state index in [9.17, 15) is 0 Å². The minimum Gasteiger partial charge on any atom is -0.285 e. The van der Waals surface area contributed by atoms with Crippen LogP contribution in [0.4, 0.5) is 0 Å². The molecular weight excluding hydrogens is 146 g/mol. The molecule has 0 aromatic heterocycles. The van der Waals surface area contributed by atoms with Crippen molar-refractivity contribution in [1.82, 2.24) is 0 Å². The van der Waals surface area contributed by atoms with Crippen LogP contribution in [0, 0.1) is 0 Å². The molecule has 0 radical (unpaired) electrons. The van der Waals surface area contributed by atoms with Crippen LogP contribution in [0.2, 0.25) is 0 Å². The summed E-state index contributed by atoms with van der Waals surface area (Å²) in [5.41, 5.74) is 3.70. The van der Waals surface area contributed by atoms with Gasteiger partial charge in [-0.2, -0.15) is 0 Å². The molecule has 0 N–H and O–H groups in total. The number of fused-ring (bicyclic) bond motifs is 1. The monoisotopic (exact) mass is 157 g/mol. The molecule has 0 fully saturated rings. The Bertz CT molecular complexity index is 348. The average molecular weight is 157 g/mol. The largest absolute Gasteiger partial charge is 0.285 e. The smallest absolute Gasteiger partial charge is 0.0648 e. The quantitative estimate of drug-likeness (QED) is 0.549. The highest BCUT2D eigenvalue weighted by atomic mass is 14.7. The van der Waals surface area contributed by atoms with Gasteiger partial charge in [-0.05, 0) is 24.1 Å². The Morgan fingerprint density at radius 3 is 2.92 bits per heavy atom. The van der Waals surface area contributed by atoms with E-state index in [1.807, 2.05) is 6.92 Å². The lowest BCUT2D eigenvalue weighted by molar-refractivity contribution is 1.07. The summed E-state index contributed by atoms with van der Waals surface area (Å²) in [5.74, 6) is 0. The lowest BCUT2D eigenvalue weighted by atomic mass is 10.1. The molecule has 0 amide bonds. The highest BCUT2D eigenvalue weighted by Gasteiger charge is 2.00. The van der Waals surface area contributed by atoms with Crippen molar-refractivity contribution in [3.05, 3.63) is 41.5 Å². The van der Waals surface area contributed by atoms with Gasteiger partial charge in [-0.15, -0.1) is 0 Å². The standard InChI is InChI=1S/C11H11N/c1-9-6-7-10-4-2-3-5-11(10)8-12-9/h2-7H,8H2,1H3. The number of hydrogen-bond donors (Lipinski definition) is 0. The second-order valence-electron chi connectivity index (χ2n) is 2.99. The summed E-state index contributed by atoms with van der Waals surface area (Å²) in [6.45, 7) is 2.84. The fraction of sp³-hybridized carbons (Fsp3) is 0.182. The van der Waals surface area contributed by atoms with Crippen LogP contribution in [0.15, 0.2) is 35.3 Å². The number of nitrogens with zero attached hydrogens (tertiary/aromatic N) is 1. The van der Waals surface area contributed by atoms with Gasteiger partial charge in [0, 0.05) is 5.71 Å². The second-order valence-corrected chi connectivity index (χ2v) is 2.99. The van der Waals surface area contributed by atoms with Gasteiger partial charge in [0.25, 0.3) is 0 Å². The molecule has 2 rings (SSSR count). The third-order valence-electron chi connectivity index (χ3n) is 2.06. The van der Waals surface area contributed by atoms with Crippen molar-refractivity contribution >= 4 is 11.8 Å². The molecule has 1 aliphatic rings. The van der Waals surface area contributed by atoms with Crippen LogP contribution >= 0.6 is 0 Å². The van der Waals surface area contributed by atoms with E-state index in [1.54, 1.807) is 0 Å². The first-order valence-corrected chi connectivity index (χ1v) is 4.13. The zero-order valence-corrected chi connectivity index (χ0v) is 7.12. The average Bonchev–Trinajstić information content (AvgIpc) is 2.29. The van der Waals surface area contributed by atoms with Crippen LogP contribution in [-0.4, -0.2) is 5.71 Å². The van der Waals surface area contributed by atoms with Crippen molar-refractivity contribution < 1.29 is 0 Å². The van der Waals surface area contributed by atoms with Gasteiger partial charge in [-0.1, -0.05) is 30.3 Å². The van der Waals surface area contributed by atoms with Gasteiger partial charge in [0.15, 0.2) is 0 Å². The Morgan fingerprint density at radius 1 is 1.17 bits per heavy atom. The van der Waals surface area contributed by atoms with Gasteiger partial charge < -0.3 is 0 Å². The van der Waals surface area contributed by atoms with Crippen LogP contribution in [0.3, 0.4) is 0 Å². The SMILES string of the molecule is CC1=NCc2ccccc2C=C1. The molecule has 1 nitrogen and oxygen atoms in total. The summed E-state index contributed by atoms with van der Waals surface area (Å²) in [6.07, 6.45) is 4.19. The van der Waals surface area contributed by atoms with Crippen molar-refractivity contribution in [3.8, 4) is 0 Å². The number of rotatable bonds is 0. The highest BCUT2D eigenvalue weighted by molar-refractivity contribution is 5.97. The molecular formula is C11H11N. The maximum atomic E-state index is 4.39. The van der Waals surface area contributed by atoms with Crippen LogP contribution < -0.4 is 0 Å². The molecule has 0 aliphatic carbocycles. The van der Waals surface area contributed by atoms with Crippen molar-refractivity contribution in [1.29, 1.82) is 0 Å². The molecule has 1 heterocycles. The predicted octanol–water partition coefficient (Wildman–Crippen LogP) is 2.67. The Morgan fingerprint density at radius 2 is 2.00 bits per heavy atom.